The molecule has 0 aromatic heterocycles. The van der Waals surface area contributed by atoms with Crippen molar-refractivity contribution in [2.24, 2.45) is 0 Å². The Hall–Kier alpha value is -0.620. The monoisotopic (exact) mass is 190 g/mol. The minimum absolute atomic E-state index is 0.186. The van der Waals surface area contributed by atoms with Crippen molar-refractivity contribution in [3.63, 3.8) is 0 Å². The van der Waals surface area contributed by atoms with Crippen molar-refractivity contribution in [1.29, 1.82) is 0 Å². The second kappa shape index (κ2) is 8.00. The number of hydrogen-bond acceptors (Lipinski definition) is 5. The molecule has 0 spiro atoms. The standard InChI is InChI=1S/C8H18N2O3/c1-9-4-2-3-8(13)10-5-7(12)6-11/h2,4,7-13H,3,5-6H2,1H3/b4-2-/t7?,8-/m1/s1. The molecule has 0 saturated heterocycles. The predicted molar refractivity (Wildman–Crippen MR) is 49.9 cm³/mol. The molecule has 5 N–H and O–H groups in total. The predicted octanol–water partition coefficient (Wildman–Crippen LogP) is -1.63. The smallest absolute Gasteiger partial charge is 0.108 e. The van der Waals surface area contributed by atoms with Crippen molar-refractivity contribution in [1.82, 2.24) is 10.6 Å². The Morgan fingerprint density at radius 1 is 1.38 bits per heavy atom. The van der Waals surface area contributed by atoms with Crippen LogP contribution in [0.15, 0.2) is 12.3 Å². The summed E-state index contributed by atoms with van der Waals surface area (Å²) < 4.78 is 0. The Balaban J connectivity index is 3.39. The zero-order valence-electron chi connectivity index (χ0n) is 7.77. The van der Waals surface area contributed by atoms with Crippen LogP contribution in [0.3, 0.4) is 0 Å². The first kappa shape index (κ1) is 12.4. The summed E-state index contributed by atoms with van der Waals surface area (Å²) in [5, 5.41) is 32.1. The highest BCUT2D eigenvalue weighted by Gasteiger charge is 2.04. The molecule has 0 aromatic rings. The van der Waals surface area contributed by atoms with Gasteiger partial charge in [0.15, 0.2) is 0 Å². The normalized spacial score (nSPS) is 16.0. The van der Waals surface area contributed by atoms with Crippen molar-refractivity contribution < 1.29 is 15.3 Å². The van der Waals surface area contributed by atoms with Crippen LogP contribution in [0.5, 0.6) is 0 Å². The fourth-order valence-electron chi connectivity index (χ4n) is 0.735. The lowest BCUT2D eigenvalue weighted by Gasteiger charge is -2.13. The van der Waals surface area contributed by atoms with Gasteiger partial charge in [0.2, 0.25) is 0 Å². The Morgan fingerprint density at radius 3 is 2.62 bits per heavy atom. The number of aliphatic hydroxyl groups excluding tert-OH is 3. The molecular weight excluding hydrogens is 172 g/mol. The Morgan fingerprint density at radius 2 is 2.08 bits per heavy atom. The van der Waals surface area contributed by atoms with Crippen LogP contribution >= 0.6 is 0 Å². The molecule has 0 heterocycles. The third-order valence-corrected chi connectivity index (χ3v) is 1.44. The lowest BCUT2D eigenvalue weighted by atomic mass is 10.3. The summed E-state index contributed by atoms with van der Waals surface area (Å²) in [4.78, 5) is 0. The third-order valence-electron chi connectivity index (χ3n) is 1.44. The van der Waals surface area contributed by atoms with Gasteiger partial charge < -0.3 is 20.6 Å². The SMILES string of the molecule is CN/C=C\C[C@@H](O)NCC(O)CO. The number of hydrogen-bond donors (Lipinski definition) is 5. The van der Waals surface area contributed by atoms with Crippen molar-refractivity contribution in [2.45, 2.75) is 18.8 Å². The fraction of sp³-hybridized carbons (Fsp3) is 0.750. The average molecular weight is 190 g/mol. The van der Waals surface area contributed by atoms with Crippen LogP contribution in [-0.4, -0.2) is 47.9 Å². The summed E-state index contributed by atoms with van der Waals surface area (Å²) in [6, 6.07) is 0. The second-order valence-electron chi connectivity index (χ2n) is 2.69. The lowest BCUT2D eigenvalue weighted by molar-refractivity contribution is 0.0679. The minimum atomic E-state index is -0.817. The summed E-state index contributed by atoms with van der Waals surface area (Å²) in [5.41, 5.74) is 0. The van der Waals surface area contributed by atoms with E-state index in [2.05, 4.69) is 10.6 Å². The van der Waals surface area contributed by atoms with Gasteiger partial charge in [0.1, 0.15) is 6.23 Å². The zero-order chi connectivity index (χ0) is 10.1. The lowest BCUT2D eigenvalue weighted by Crippen LogP contribution is -2.36. The molecule has 0 aliphatic carbocycles. The van der Waals surface area contributed by atoms with Gasteiger partial charge in [-0.25, -0.2) is 0 Å². The molecule has 5 heteroatoms. The minimum Gasteiger partial charge on any atom is -0.394 e. The van der Waals surface area contributed by atoms with Gasteiger partial charge in [0, 0.05) is 20.0 Å². The van der Waals surface area contributed by atoms with E-state index < -0.39 is 12.3 Å². The van der Waals surface area contributed by atoms with E-state index in [0.29, 0.717) is 6.42 Å². The Kier molecular flexibility index (Phi) is 7.62. The molecule has 5 nitrogen and oxygen atoms in total. The summed E-state index contributed by atoms with van der Waals surface area (Å²) in [6.45, 7) is -0.114. The van der Waals surface area contributed by atoms with Crippen LogP contribution in [0.2, 0.25) is 0 Å². The van der Waals surface area contributed by atoms with Gasteiger partial charge in [-0.1, -0.05) is 6.08 Å². The molecule has 0 radical (unpaired) electrons. The van der Waals surface area contributed by atoms with E-state index in [9.17, 15) is 5.11 Å². The van der Waals surface area contributed by atoms with Crippen molar-refractivity contribution in [3.8, 4) is 0 Å². The van der Waals surface area contributed by atoms with Crippen LogP contribution in [0.25, 0.3) is 0 Å². The van der Waals surface area contributed by atoms with E-state index in [4.69, 9.17) is 10.2 Å². The third kappa shape index (κ3) is 7.73. The summed E-state index contributed by atoms with van der Waals surface area (Å²) in [5.74, 6) is 0. The highest BCUT2D eigenvalue weighted by Crippen LogP contribution is 1.89. The topological polar surface area (TPSA) is 84.8 Å². The van der Waals surface area contributed by atoms with E-state index in [1.54, 1.807) is 19.3 Å². The van der Waals surface area contributed by atoms with Gasteiger partial charge in [-0.2, -0.15) is 0 Å². The highest BCUT2D eigenvalue weighted by molar-refractivity contribution is 4.80. The molecule has 0 amide bonds. The maximum absolute atomic E-state index is 9.24. The van der Waals surface area contributed by atoms with Crippen LogP contribution in [0.4, 0.5) is 0 Å². The van der Waals surface area contributed by atoms with E-state index in [0.717, 1.165) is 0 Å². The molecule has 0 saturated carbocycles. The first-order chi connectivity index (χ1) is 6.20. The molecule has 0 aliphatic heterocycles. The van der Waals surface area contributed by atoms with Gasteiger partial charge in [0.05, 0.1) is 12.7 Å². The van der Waals surface area contributed by atoms with E-state index >= 15 is 0 Å². The average Bonchev–Trinajstić information content (AvgIpc) is 2.14. The number of rotatable bonds is 7. The van der Waals surface area contributed by atoms with Crippen LogP contribution < -0.4 is 10.6 Å². The molecular formula is C8H18N2O3. The molecule has 1 unspecified atom stereocenters. The summed E-state index contributed by atoms with van der Waals surface area (Å²) in [7, 11) is 1.77. The van der Waals surface area contributed by atoms with Gasteiger partial charge in [-0.15, -0.1) is 0 Å². The van der Waals surface area contributed by atoms with Gasteiger partial charge in [0.25, 0.3) is 0 Å². The number of nitrogens with one attached hydrogen (secondary N) is 2. The van der Waals surface area contributed by atoms with E-state index in [-0.39, 0.29) is 13.2 Å². The first-order valence-corrected chi connectivity index (χ1v) is 4.23. The largest absolute Gasteiger partial charge is 0.394 e. The molecule has 0 bridgehead atoms. The maximum atomic E-state index is 9.24. The molecule has 0 fully saturated rings. The molecule has 2 atom stereocenters. The molecule has 0 aromatic carbocycles. The van der Waals surface area contributed by atoms with Gasteiger partial charge >= 0.3 is 0 Å². The molecule has 78 valence electrons. The van der Waals surface area contributed by atoms with Crippen molar-refractivity contribution in [2.75, 3.05) is 20.2 Å². The molecule has 13 heavy (non-hydrogen) atoms. The van der Waals surface area contributed by atoms with Crippen molar-refractivity contribution in [3.05, 3.63) is 12.3 Å². The maximum Gasteiger partial charge on any atom is 0.108 e. The zero-order valence-corrected chi connectivity index (χ0v) is 7.77. The summed E-state index contributed by atoms with van der Waals surface area (Å²) in [6.07, 6.45) is 2.43. The molecule has 0 rings (SSSR count). The van der Waals surface area contributed by atoms with E-state index in [1.807, 2.05) is 0 Å². The van der Waals surface area contributed by atoms with Crippen molar-refractivity contribution >= 4 is 0 Å². The Bertz CT molecular complexity index is 141. The van der Waals surface area contributed by atoms with Crippen LogP contribution in [0.1, 0.15) is 6.42 Å². The highest BCUT2D eigenvalue weighted by atomic mass is 16.3. The van der Waals surface area contributed by atoms with Crippen LogP contribution in [-0.2, 0) is 0 Å². The molecule has 0 aliphatic rings. The second-order valence-corrected chi connectivity index (χ2v) is 2.69. The quantitative estimate of drug-likeness (QED) is 0.311. The summed E-state index contributed by atoms with van der Waals surface area (Å²) >= 11 is 0. The van der Waals surface area contributed by atoms with Gasteiger partial charge in [-0.3, -0.25) is 5.32 Å². The first-order valence-electron chi connectivity index (χ1n) is 4.23. The Labute approximate surface area is 78.1 Å². The van der Waals surface area contributed by atoms with Crippen LogP contribution in [0, 0.1) is 0 Å². The van der Waals surface area contributed by atoms with Gasteiger partial charge in [-0.05, 0) is 6.20 Å². The fourth-order valence-corrected chi connectivity index (χ4v) is 0.735. The number of aliphatic hydroxyl groups is 3. The van der Waals surface area contributed by atoms with E-state index in [1.165, 1.54) is 0 Å².